The van der Waals surface area contributed by atoms with Gasteiger partial charge in [0.1, 0.15) is 42.7 Å². The number of carbonyl (C=O) groups is 1. The number of rotatable bonds is 7. The van der Waals surface area contributed by atoms with Crippen molar-refractivity contribution in [1.82, 2.24) is 0 Å². The topological polar surface area (TPSA) is 236 Å². The van der Waals surface area contributed by atoms with Gasteiger partial charge in [0.05, 0.1) is 25.4 Å². The molecule has 7 rings (SSSR count). The van der Waals surface area contributed by atoms with Gasteiger partial charge in [-0.2, -0.15) is 0 Å². The van der Waals surface area contributed by atoms with Crippen molar-refractivity contribution in [3.63, 3.8) is 0 Å². The SMILES string of the molecule is CC1(C)CC(O)[C@]2(C)CC[C@]3(C)C(=CCC4[C@@]5(C)CCC(OC6OC(C(=O)O)C(O)C(O)C6OC6OC(CO)C(O)C(O)C6O)[C@](C)(CO)C5CC[C@]43C)C2C1. The zero-order valence-electron chi connectivity index (χ0n) is 34.1. The van der Waals surface area contributed by atoms with Crippen LogP contribution in [0.2, 0.25) is 0 Å². The highest BCUT2D eigenvalue weighted by molar-refractivity contribution is 5.73. The molecule has 7 aliphatic rings. The summed E-state index contributed by atoms with van der Waals surface area (Å²) in [6.07, 6.45) is -8.23. The first kappa shape index (κ1) is 42.8. The normalized spacial score (nSPS) is 55.5. The molecule has 20 atom stereocenters. The molecule has 5 aliphatic carbocycles. The lowest BCUT2D eigenvalue weighted by molar-refractivity contribution is -0.375. The summed E-state index contributed by atoms with van der Waals surface area (Å²) in [5, 5.41) is 96.0. The minimum atomic E-state index is -1.97. The predicted octanol–water partition coefficient (Wildman–Crippen LogP) is 1.85. The van der Waals surface area contributed by atoms with E-state index in [0.717, 1.165) is 51.4 Å². The highest BCUT2D eigenvalue weighted by Crippen LogP contribution is 2.76. The van der Waals surface area contributed by atoms with Crippen LogP contribution in [0.25, 0.3) is 0 Å². The summed E-state index contributed by atoms with van der Waals surface area (Å²) in [6, 6.07) is 0. The molecule has 0 amide bonds. The molecule has 0 aromatic carbocycles. The lowest BCUT2D eigenvalue weighted by atomic mass is 9.33. The standard InChI is InChI=1S/C42H68O14/c1-37(2)16-21-20-8-9-24-39(4)12-11-26(40(5,19-44)23(39)10-13-42(24,7)41(20,6)15-14-38(21,3)25(45)17-37)54-36-33(30(49)29(48)32(55-36)34(51)52)56-35-31(50)28(47)27(46)22(18-43)53-35/h8,21-33,35-36,43-50H,9-19H2,1-7H3,(H,51,52)/t21?,22?,23?,24?,25?,26?,27?,28?,29?,30?,31?,32?,33?,35?,36?,38-,39+,40-,41-,42-/m1/s1. The largest absolute Gasteiger partial charge is 0.479 e. The number of carboxylic acid groups (broad SMARTS) is 1. The molecule has 0 aromatic rings. The van der Waals surface area contributed by atoms with Gasteiger partial charge in [-0.05, 0) is 97.2 Å². The number of ether oxygens (including phenoxy) is 4. The highest BCUT2D eigenvalue weighted by atomic mass is 16.8. The van der Waals surface area contributed by atoms with E-state index in [1.165, 1.54) is 5.57 Å². The molecule has 14 nitrogen and oxygen atoms in total. The third-order valence-electron chi connectivity index (χ3n) is 17.4. The van der Waals surface area contributed by atoms with E-state index in [1.807, 2.05) is 6.92 Å². The van der Waals surface area contributed by atoms with Crippen LogP contribution in [0.4, 0.5) is 0 Å². The average molecular weight is 797 g/mol. The van der Waals surface area contributed by atoms with Crippen molar-refractivity contribution in [1.29, 1.82) is 0 Å². The van der Waals surface area contributed by atoms with Crippen molar-refractivity contribution in [3.05, 3.63) is 11.6 Å². The van der Waals surface area contributed by atoms with Crippen LogP contribution in [-0.2, 0) is 23.7 Å². The highest BCUT2D eigenvalue weighted by Gasteiger charge is 2.69. The van der Waals surface area contributed by atoms with E-state index in [0.29, 0.717) is 18.3 Å². The maximum absolute atomic E-state index is 12.2. The smallest absolute Gasteiger partial charge is 0.335 e. The quantitative estimate of drug-likeness (QED) is 0.132. The summed E-state index contributed by atoms with van der Waals surface area (Å²) in [6.45, 7) is 15.2. The Morgan fingerprint density at radius 3 is 2.09 bits per heavy atom. The molecule has 0 aromatic heterocycles. The van der Waals surface area contributed by atoms with Gasteiger partial charge in [0.15, 0.2) is 18.7 Å². The number of hydrogen-bond acceptors (Lipinski definition) is 13. The molecule has 2 saturated heterocycles. The van der Waals surface area contributed by atoms with Crippen molar-refractivity contribution in [3.8, 4) is 0 Å². The van der Waals surface area contributed by atoms with Crippen LogP contribution in [0, 0.1) is 50.2 Å². The maximum Gasteiger partial charge on any atom is 0.335 e. The Labute approximate surface area is 330 Å². The van der Waals surface area contributed by atoms with Gasteiger partial charge >= 0.3 is 5.97 Å². The molecule has 0 bridgehead atoms. The molecule has 6 fully saturated rings. The van der Waals surface area contributed by atoms with Gasteiger partial charge in [0.2, 0.25) is 0 Å². The van der Waals surface area contributed by atoms with E-state index >= 15 is 0 Å². The molecule has 56 heavy (non-hydrogen) atoms. The fourth-order valence-corrected chi connectivity index (χ4v) is 13.7. The fraction of sp³-hybridized carbons (Fsp3) is 0.929. The number of aliphatic hydroxyl groups excluding tert-OH is 8. The van der Waals surface area contributed by atoms with E-state index in [9.17, 15) is 50.8 Å². The van der Waals surface area contributed by atoms with Gasteiger partial charge < -0.3 is 64.9 Å². The van der Waals surface area contributed by atoms with Gasteiger partial charge in [0.25, 0.3) is 0 Å². The average Bonchev–Trinajstić information content (AvgIpc) is 3.13. The van der Waals surface area contributed by atoms with Gasteiger partial charge in [-0.25, -0.2) is 4.79 Å². The van der Waals surface area contributed by atoms with Crippen LogP contribution in [0.1, 0.15) is 106 Å². The lowest BCUT2D eigenvalue weighted by Crippen LogP contribution is -2.68. The summed E-state index contributed by atoms with van der Waals surface area (Å²) < 4.78 is 23.8. The minimum absolute atomic E-state index is 0.0149. The minimum Gasteiger partial charge on any atom is -0.479 e. The monoisotopic (exact) mass is 796 g/mol. The fourth-order valence-electron chi connectivity index (χ4n) is 13.7. The predicted molar refractivity (Wildman–Crippen MR) is 199 cm³/mol. The first-order valence-electron chi connectivity index (χ1n) is 20.9. The summed E-state index contributed by atoms with van der Waals surface area (Å²) in [7, 11) is 0. The van der Waals surface area contributed by atoms with Crippen LogP contribution in [0.5, 0.6) is 0 Å². The Morgan fingerprint density at radius 1 is 0.750 bits per heavy atom. The molecule has 320 valence electrons. The molecule has 4 saturated carbocycles. The zero-order chi connectivity index (χ0) is 41.1. The van der Waals surface area contributed by atoms with Crippen LogP contribution in [0.15, 0.2) is 11.6 Å². The first-order valence-corrected chi connectivity index (χ1v) is 20.9. The lowest BCUT2D eigenvalue weighted by Gasteiger charge is -2.72. The molecule has 2 heterocycles. The van der Waals surface area contributed by atoms with E-state index in [2.05, 4.69) is 47.6 Å². The summed E-state index contributed by atoms with van der Waals surface area (Å²) in [5.74, 6) is -0.954. The summed E-state index contributed by atoms with van der Waals surface area (Å²) >= 11 is 0. The Bertz CT molecular complexity index is 1520. The number of aliphatic carboxylic acids is 1. The van der Waals surface area contributed by atoms with Gasteiger partial charge in [-0.15, -0.1) is 0 Å². The molecule has 0 radical (unpaired) electrons. The molecule has 0 spiro atoms. The van der Waals surface area contributed by atoms with Gasteiger partial charge in [0, 0.05) is 10.8 Å². The third kappa shape index (κ3) is 6.21. The van der Waals surface area contributed by atoms with Crippen molar-refractivity contribution in [2.24, 2.45) is 50.2 Å². The Balaban J connectivity index is 1.17. The number of carboxylic acids is 1. The van der Waals surface area contributed by atoms with E-state index in [-0.39, 0.29) is 45.7 Å². The molecular formula is C42H68O14. The van der Waals surface area contributed by atoms with Gasteiger partial charge in [-0.3, -0.25) is 0 Å². The Hall–Kier alpha value is -1.27. The molecule has 2 aliphatic heterocycles. The second-order valence-electron chi connectivity index (χ2n) is 20.8. The first-order chi connectivity index (χ1) is 26.0. The number of hydrogen-bond donors (Lipinski definition) is 9. The Morgan fingerprint density at radius 2 is 1.45 bits per heavy atom. The molecular weight excluding hydrogens is 728 g/mol. The van der Waals surface area contributed by atoms with Gasteiger partial charge in [-0.1, -0.05) is 60.1 Å². The van der Waals surface area contributed by atoms with Crippen molar-refractivity contribution < 1.29 is 69.7 Å². The number of fused-ring (bicyclic) bond motifs is 7. The molecule has 15 unspecified atom stereocenters. The number of aliphatic hydroxyl groups is 8. The zero-order valence-corrected chi connectivity index (χ0v) is 34.1. The van der Waals surface area contributed by atoms with Crippen LogP contribution < -0.4 is 0 Å². The maximum atomic E-state index is 12.2. The van der Waals surface area contributed by atoms with Crippen LogP contribution >= 0.6 is 0 Å². The van der Waals surface area contributed by atoms with Crippen molar-refractivity contribution in [2.45, 2.75) is 180 Å². The van der Waals surface area contributed by atoms with E-state index in [1.54, 1.807) is 0 Å². The van der Waals surface area contributed by atoms with Crippen molar-refractivity contribution in [2.75, 3.05) is 13.2 Å². The summed E-state index contributed by atoms with van der Waals surface area (Å²) in [5.41, 5.74) is 0.271. The van der Waals surface area contributed by atoms with Crippen LogP contribution in [0.3, 0.4) is 0 Å². The Kier molecular flexibility index (Phi) is 11.0. The number of allylic oxidation sites excluding steroid dienone is 2. The van der Waals surface area contributed by atoms with E-state index < -0.39 is 85.5 Å². The molecule has 9 N–H and O–H groups in total. The second kappa shape index (κ2) is 14.4. The second-order valence-corrected chi connectivity index (χ2v) is 20.8. The van der Waals surface area contributed by atoms with Crippen LogP contribution in [-0.4, -0.2) is 139 Å². The third-order valence-corrected chi connectivity index (χ3v) is 17.4. The summed E-state index contributed by atoms with van der Waals surface area (Å²) in [4.78, 5) is 12.2. The van der Waals surface area contributed by atoms with Crippen molar-refractivity contribution >= 4 is 5.97 Å². The molecule has 14 heteroatoms. The van der Waals surface area contributed by atoms with E-state index in [4.69, 9.17) is 18.9 Å².